The second-order valence-corrected chi connectivity index (χ2v) is 7.07. The fourth-order valence-corrected chi connectivity index (χ4v) is 3.67. The smallest absolute Gasteiger partial charge is 0.242 e. The van der Waals surface area contributed by atoms with Gasteiger partial charge in [-0.3, -0.25) is 0 Å². The lowest BCUT2D eigenvalue weighted by Crippen LogP contribution is -2.29. The Morgan fingerprint density at radius 1 is 1.33 bits per heavy atom. The van der Waals surface area contributed by atoms with E-state index in [1.807, 2.05) is 0 Å². The molecule has 0 saturated carbocycles. The standard InChI is InChI=1S/C13H14Cl2N2O3S/c1-17-6-2-3-11(17)12(18)8-16-21(19,20)13-7-9(14)4-5-10(13)15/h2-7,12,16,18H,8H2,1H3/t12-/m0/s1. The highest BCUT2D eigenvalue weighted by molar-refractivity contribution is 7.89. The monoisotopic (exact) mass is 348 g/mol. The summed E-state index contributed by atoms with van der Waals surface area (Å²) in [5.74, 6) is 0. The quantitative estimate of drug-likeness (QED) is 0.870. The summed E-state index contributed by atoms with van der Waals surface area (Å²) in [7, 11) is -2.08. The number of aryl methyl sites for hydroxylation is 1. The van der Waals surface area contributed by atoms with Crippen molar-refractivity contribution in [3.05, 3.63) is 52.3 Å². The Balaban J connectivity index is 2.15. The molecule has 1 atom stereocenters. The normalized spacial score (nSPS) is 13.3. The number of rotatable bonds is 5. The van der Waals surface area contributed by atoms with Crippen LogP contribution in [-0.2, 0) is 17.1 Å². The molecule has 2 aromatic rings. The molecule has 0 radical (unpaired) electrons. The summed E-state index contributed by atoms with van der Waals surface area (Å²) in [6.07, 6.45) is 0.804. The van der Waals surface area contributed by atoms with Crippen LogP contribution in [0.15, 0.2) is 41.4 Å². The highest BCUT2D eigenvalue weighted by Crippen LogP contribution is 2.25. The first-order chi connectivity index (χ1) is 9.81. The fraction of sp³-hybridized carbons (Fsp3) is 0.231. The second-order valence-electron chi connectivity index (χ2n) is 4.49. The van der Waals surface area contributed by atoms with E-state index in [2.05, 4.69) is 4.72 Å². The van der Waals surface area contributed by atoms with Crippen LogP contribution in [0, 0.1) is 0 Å². The van der Waals surface area contributed by atoms with Crippen molar-refractivity contribution in [2.24, 2.45) is 7.05 Å². The maximum absolute atomic E-state index is 12.2. The lowest BCUT2D eigenvalue weighted by molar-refractivity contribution is 0.173. The SMILES string of the molecule is Cn1cccc1[C@@H](O)CNS(=O)(=O)c1cc(Cl)ccc1Cl. The van der Waals surface area contributed by atoms with Crippen molar-refractivity contribution in [1.29, 1.82) is 0 Å². The molecule has 0 unspecified atom stereocenters. The van der Waals surface area contributed by atoms with Crippen molar-refractivity contribution in [3.63, 3.8) is 0 Å². The van der Waals surface area contributed by atoms with Gasteiger partial charge in [0.15, 0.2) is 0 Å². The van der Waals surface area contributed by atoms with Crippen LogP contribution in [0.25, 0.3) is 0 Å². The van der Waals surface area contributed by atoms with Crippen LogP contribution < -0.4 is 4.72 Å². The Morgan fingerprint density at radius 2 is 2.05 bits per heavy atom. The first kappa shape index (κ1) is 16.3. The molecular formula is C13H14Cl2N2O3S. The zero-order valence-electron chi connectivity index (χ0n) is 11.1. The number of hydrogen-bond donors (Lipinski definition) is 2. The molecule has 1 aromatic heterocycles. The number of aliphatic hydroxyl groups is 1. The van der Waals surface area contributed by atoms with Gasteiger partial charge in [0.25, 0.3) is 0 Å². The molecule has 0 bridgehead atoms. The average Bonchev–Trinajstić information content (AvgIpc) is 2.85. The third-order valence-electron chi connectivity index (χ3n) is 2.97. The maximum atomic E-state index is 12.2. The topological polar surface area (TPSA) is 71.3 Å². The molecule has 0 saturated heterocycles. The molecule has 5 nitrogen and oxygen atoms in total. The van der Waals surface area contributed by atoms with Crippen molar-refractivity contribution in [2.45, 2.75) is 11.0 Å². The summed E-state index contributed by atoms with van der Waals surface area (Å²) in [4.78, 5) is -0.115. The zero-order chi connectivity index (χ0) is 15.6. The summed E-state index contributed by atoms with van der Waals surface area (Å²) in [6, 6.07) is 7.65. The van der Waals surface area contributed by atoms with Gasteiger partial charge in [0.2, 0.25) is 10.0 Å². The predicted molar refractivity (Wildman–Crippen MR) is 82.0 cm³/mol. The highest BCUT2D eigenvalue weighted by Gasteiger charge is 2.20. The Bertz CT molecular complexity index is 744. The van der Waals surface area contributed by atoms with Crippen LogP contribution >= 0.6 is 23.2 Å². The Labute approximate surface area is 133 Å². The molecule has 1 aromatic carbocycles. The third kappa shape index (κ3) is 3.78. The number of nitrogens with one attached hydrogen (secondary N) is 1. The van der Waals surface area contributed by atoms with E-state index >= 15 is 0 Å². The van der Waals surface area contributed by atoms with Gasteiger partial charge in [-0.15, -0.1) is 0 Å². The average molecular weight is 349 g/mol. The summed E-state index contributed by atoms with van der Waals surface area (Å²) in [5.41, 5.74) is 0.606. The van der Waals surface area contributed by atoms with Crippen molar-refractivity contribution in [3.8, 4) is 0 Å². The first-order valence-corrected chi connectivity index (χ1v) is 8.29. The minimum Gasteiger partial charge on any atom is -0.386 e. The number of halogens is 2. The Hall–Kier alpha value is -1.05. The highest BCUT2D eigenvalue weighted by atomic mass is 35.5. The third-order valence-corrected chi connectivity index (χ3v) is 5.12. The molecule has 1 heterocycles. The van der Waals surface area contributed by atoms with Crippen molar-refractivity contribution < 1.29 is 13.5 Å². The molecule has 0 aliphatic heterocycles. The molecule has 0 aliphatic carbocycles. The Kier molecular flexibility index (Phi) is 4.95. The van der Waals surface area contributed by atoms with Gasteiger partial charge in [-0.25, -0.2) is 13.1 Å². The molecule has 2 N–H and O–H groups in total. The van der Waals surface area contributed by atoms with Gasteiger partial charge in [0, 0.05) is 30.5 Å². The minimum atomic E-state index is -3.85. The summed E-state index contributed by atoms with van der Waals surface area (Å²) in [6.45, 7) is -0.164. The van der Waals surface area contributed by atoms with Gasteiger partial charge in [0.05, 0.1) is 5.02 Å². The Morgan fingerprint density at radius 3 is 2.67 bits per heavy atom. The van der Waals surface area contributed by atoms with Crippen LogP contribution in [0.5, 0.6) is 0 Å². The van der Waals surface area contributed by atoms with E-state index in [4.69, 9.17) is 23.2 Å². The van der Waals surface area contributed by atoms with Gasteiger partial charge >= 0.3 is 0 Å². The molecule has 8 heteroatoms. The van der Waals surface area contributed by atoms with Crippen molar-refractivity contribution >= 4 is 33.2 Å². The van der Waals surface area contributed by atoms with E-state index in [9.17, 15) is 13.5 Å². The predicted octanol–water partition coefficient (Wildman–Crippen LogP) is 2.34. The van der Waals surface area contributed by atoms with E-state index in [0.29, 0.717) is 5.69 Å². The van der Waals surface area contributed by atoms with Crippen molar-refractivity contribution in [1.82, 2.24) is 9.29 Å². The fourth-order valence-electron chi connectivity index (χ4n) is 1.87. The molecule has 0 aliphatic rings. The summed E-state index contributed by atoms with van der Waals surface area (Å²) in [5, 5.41) is 10.4. The van der Waals surface area contributed by atoms with E-state index in [-0.39, 0.29) is 21.5 Å². The molecular weight excluding hydrogens is 335 g/mol. The summed E-state index contributed by atoms with van der Waals surface area (Å²) >= 11 is 11.7. The van der Waals surface area contributed by atoms with E-state index in [1.165, 1.54) is 18.2 Å². The zero-order valence-corrected chi connectivity index (χ0v) is 13.5. The van der Waals surface area contributed by atoms with Crippen LogP contribution in [0.4, 0.5) is 0 Å². The van der Waals surface area contributed by atoms with Gasteiger partial charge < -0.3 is 9.67 Å². The number of hydrogen-bond acceptors (Lipinski definition) is 3. The lowest BCUT2D eigenvalue weighted by atomic mass is 10.2. The van der Waals surface area contributed by atoms with Gasteiger partial charge in [-0.05, 0) is 30.3 Å². The van der Waals surface area contributed by atoms with Crippen LogP contribution in [0.1, 0.15) is 11.8 Å². The maximum Gasteiger partial charge on any atom is 0.242 e. The molecule has 21 heavy (non-hydrogen) atoms. The number of aliphatic hydroxyl groups excluding tert-OH is 1. The number of sulfonamides is 1. The van der Waals surface area contributed by atoms with E-state index < -0.39 is 16.1 Å². The van der Waals surface area contributed by atoms with Crippen molar-refractivity contribution in [2.75, 3.05) is 6.54 Å². The first-order valence-electron chi connectivity index (χ1n) is 6.05. The number of aromatic nitrogens is 1. The minimum absolute atomic E-state index is 0.0697. The van der Waals surface area contributed by atoms with Gasteiger partial charge in [-0.2, -0.15) is 0 Å². The van der Waals surface area contributed by atoms with Crippen LogP contribution in [-0.4, -0.2) is 24.6 Å². The molecule has 0 fully saturated rings. The van der Waals surface area contributed by atoms with Gasteiger partial charge in [0.1, 0.15) is 11.0 Å². The second kappa shape index (κ2) is 6.37. The lowest BCUT2D eigenvalue weighted by Gasteiger charge is -2.14. The number of nitrogens with zero attached hydrogens (tertiary/aromatic N) is 1. The summed E-state index contributed by atoms with van der Waals surface area (Å²) < 4.78 is 28.4. The molecule has 0 spiro atoms. The molecule has 0 amide bonds. The number of benzene rings is 1. The van der Waals surface area contributed by atoms with Crippen LogP contribution in [0.2, 0.25) is 10.0 Å². The molecule has 2 rings (SSSR count). The largest absolute Gasteiger partial charge is 0.386 e. The molecule has 114 valence electrons. The van der Waals surface area contributed by atoms with Gasteiger partial charge in [-0.1, -0.05) is 23.2 Å². The van der Waals surface area contributed by atoms with E-state index in [1.54, 1.807) is 29.9 Å². The van der Waals surface area contributed by atoms with E-state index in [0.717, 1.165) is 0 Å². The van der Waals surface area contributed by atoms with Crippen LogP contribution in [0.3, 0.4) is 0 Å².